The number of ketones is 1. The monoisotopic (exact) mass is 490 g/mol. The number of nitrogens with one attached hydrogen (secondary N) is 2. The van der Waals surface area contributed by atoms with E-state index in [0.717, 1.165) is 37.7 Å². The van der Waals surface area contributed by atoms with Crippen molar-refractivity contribution in [2.45, 2.75) is 66.2 Å². The molecule has 0 saturated heterocycles. The maximum atomic E-state index is 12.2. The molecule has 2 N–H and O–H groups in total. The fourth-order valence-corrected chi connectivity index (χ4v) is 3.41. The molecule has 0 spiro atoms. The van der Waals surface area contributed by atoms with Gasteiger partial charge in [-0.2, -0.15) is 0 Å². The van der Waals surface area contributed by atoms with Gasteiger partial charge in [0.25, 0.3) is 0 Å². The number of rotatable bonds is 10. The normalized spacial score (nSPS) is 13.7. The Balaban J connectivity index is 0.000000360. The van der Waals surface area contributed by atoms with E-state index in [-0.39, 0.29) is 17.6 Å². The van der Waals surface area contributed by atoms with Crippen LogP contribution in [0, 0.1) is 17.2 Å². The van der Waals surface area contributed by atoms with Gasteiger partial charge in [0, 0.05) is 29.9 Å². The van der Waals surface area contributed by atoms with Gasteiger partial charge in [-0.25, -0.2) is 9.97 Å². The highest BCUT2D eigenvalue weighted by atomic mass is 19.4. The Kier molecular flexibility index (Phi) is 10.4. The van der Waals surface area contributed by atoms with E-state index < -0.39 is 6.36 Å². The summed E-state index contributed by atoms with van der Waals surface area (Å²) in [5.41, 5.74) is 2.41. The largest absolute Gasteiger partial charge is 0.573 e. The van der Waals surface area contributed by atoms with Gasteiger partial charge >= 0.3 is 6.36 Å². The van der Waals surface area contributed by atoms with E-state index in [4.69, 9.17) is 5.41 Å². The van der Waals surface area contributed by atoms with Crippen molar-refractivity contribution >= 4 is 23.0 Å². The second-order valence-electron chi connectivity index (χ2n) is 8.32. The molecule has 0 fully saturated rings. The van der Waals surface area contributed by atoms with Crippen LogP contribution in [-0.2, 0) is 4.79 Å². The van der Waals surface area contributed by atoms with E-state index in [2.05, 4.69) is 33.0 Å². The van der Waals surface area contributed by atoms with Gasteiger partial charge in [0.05, 0.1) is 5.71 Å². The van der Waals surface area contributed by atoms with Gasteiger partial charge in [-0.05, 0) is 61.9 Å². The number of anilines is 2. The quantitative estimate of drug-likeness (QED) is 0.343. The molecule has 1 heterocycles. The number of aromatic nitrogens is 2. The van der Waals surface area contributed by atoms with E-state index >= 15 is 0 Å². The second kappa shape index (κ2) is 13.0. The van der Waals surface area contributed by atoms with Crippen molar-refractivity contribution in [2.75, 3.05) is 5.32 Å². The lowest BCUT2D eigenvalue weighted by Crippen LogP contribution is -2.17. The van der Waals surface area contributed by atoms with E-state index in [1.54, 1.807) is 0 Å². The molecule has 9 heteroatoms. The highest BCUT2D eigenvalue weighted by Gasteiger charge is 2.31. The molecule has 35 heavy (non-hydrogen) atoms. The Labute approximate surface area is 204 Å². The molecule has 1 aliphatic rings. The van der Waals surface area contributed by atoms with Gasteiger partial charge < -0.3 is 15.5 Å². The minimum Gasteiger partial charge on any atom is -0.406 e. The van der Waals surface area contributed by atoms with Crippen LogP contribution in [0.25, 0.3) is 0 Å². The third-order valence-electron chi connectivity index (χ3n) is 5.88. The number of ether oxygens (including phenoxy) is 1. The van der Waals surface area contributed by atoms with E-state index in [9.17, 15) is 18.0 Å². The number of hydrogen-bond donors (Lipinski definition) is 2. The Hall–Kier alpha value is -3.23. The maximum Gasteiger partial charge on any atom is 0.573 e. The summed E-state index contributed by atoms with van der Waals surface area (Å²) >= 11 is 0. The number of alkyl halides is 3. The van der Waals surface area contributed by atoms with Crippen molar-refractivity contribution in [3.05, 3.63) is 54.0 Å². The van der Waals surface area contributed by atoms with Crippen molar-refractivity contribution < 1.29 is 22.7 Å². The molecule has 0 saturated carbocycles. The van der Waals surface area contributed by atoms with Crippen molar-refractivity contribution in [1.29, 1.82) is 5.41 Å². The summed E-state index contributed by atoms with van der Waals surface area (Å²) in [4.78, 5) is 19.7. The van der Waals surface area contributed by atoms with Crippen LogP contribution in [0.5, 0.6) is 5.75 Å². The highest BCUT2D eigenvalue weighted by Crippen LogP contribution is 2.26. The summed E-state index contributed by atoms with van der Waals surface area (Å²) in [5, 5.41) is 11.3. The fraction of sp³-hybridized carbons (Fsp3) is 0.462. The second-order valence-corrected chi connectivity index (χ2v) is 8.32. The SMILES string of the molecule is CCC(C)C(=O)C1=CCC1.CCC(CC)C(=N)c1nccnc1Nc1ccc(OC(F)(F)F)cc1. The summed E-state index contributed by atoms with van der Waals surface area (Å²) in [6.45, 7) is 8.07. The Morgan fingerprint density at radius 1 is 1.09 bits per heavy atom. The molecule has 0 amide bonds. The Bertz CT molecular complexity index is 1020. The Morgan fingerprint density at radius 3 is 2.17 bits per heavy atom. The summed E-state index contributed by atoms with van der Waals surface area (Å²) in [7, 11) is 0. The van der Waals surface area contributed by atoms with Gasteiger partial charge in [0.15, 0.2) is 11.6 Å². The van der Waals surface area contributed by atoms with Gasteiger partial charge in [-0.3, -0.25) is 4.79 Å². The lowest BCUT2D eigenvalue weighted by atomic mass is 9.88. The summed E-state index contributed by atoms with van der Waals surface area (Å²) in [6.07, 6.45) is 5.05. The molecule has 1 aromatic carbocycles. The number of halogens is 3. The fourth-order valence-electron chi connectivity index (χ4n) is 3.41. The van der Waals surface area contributed by atoms with E-state index in [0.29, 0.717) is 28.7 Å². The zero-order chi connectivity index (χ0) is 26.0. The van der Waals surface area contributed by atoms with Gasteiger partial charge in [-0.15, -0.1) is 13.2 Å². The molecule has 2 aromatic rings. The van der Waals surface area contributed by atoms with Gasteiger partial charge in [0.2, 0.25) is 0 Å². The number of carbonyl (C=O) groups is 1. The standard InChI is InChI=1S/C17H19F3N4O.C9H14O/c1-3-11(4-2)14(21)15-16(23-10-9-22-15)24-12-5-7-13(8-6-12)25-17(18,19)20;1-3-7(2)9(10)8-5-4-6-8/h5-11,21H,3-4H2,1-2H3,(H,23,24);5,7H,3-4,6H2,1-2H3. The summed E-state index contributed by atoms with van der Waals surface area (Å²) in [6, 6.07) is 5.30. The Morgan fingerprint density at radius 2 is 1.69 bits per heavy atom. The number of nitrogens with zero attached hydrogens (tertiary/aromatic N) is 2. The van der Waals surface area contributed by atoms with Crippen LogP contribution >= 0.6 is 0 Å². The zero-order valence-electron chi connectivity index (χ0n) is 20.6. The predicted octanol–water partition coefficient (Wildman–Crippen LogP) is 7.24. The van der Waals surface area contributed by atoms with Crippen LogP contribution < -0.4 is 10.1 Å². The molecule has 1 aliphatic carbocycles. The molecular weight excluding hydrogens is 457 g/mol. The van der Waals surface area contributed by atoms with Crippen molar-refractivity contribution in [2.24, 2.45) is 11.8 Å². The van der Waals surface area contributed by atoms with Crippen LogP contribution in [0.2, 0.25) is 0 Å². The molecule has 0 bridgehead atoms. The number of allylic oxidation sites excluding steroid dienone is 2. The molecule has 1 aromatic heterocycles. The van der Waals surface area contributed by atoms with Crippen LogP contribution in [0.4, 0.5) is 24.7 Å². The molecule has 1 atom stereocenters. The zero-order valence-corrected chi connectivity index (χ0v) is 20.6. The van der Waals surface area contributed by atoms with Crippen LogP contribution in [0.1, 0.15) is 65.5 Å². The molecule has 3 rings (SSSR count). The molecule has 6 nitrogen and oxygen atoms in total. The highest BCUT2D eigenvalue weighted by molar-refractivity contribution is 6.02. The van der Waals surface area contributed by atoms with E-state index in [1.165, 1.54) is 36.7 Å². The average molecular weight is 491 g/mol. The van der Waals surface area contributed by atoms with Crippen LogP contribution in [-0.4, -0.2) is 27.8 Å². The molecule has 0 aliphatic heterocycles. The predicted molar refractivity (Wildman–Crippen MR) is 131 cm³/mol. The van der Waals surface area contributed by atoms with Crippen molar-refractivity contribution in [3.63, 3.8) is 0 Å². The third kappa shape index (κ3) is 8.49. The van der Waals surface area contributed by atoms with E-state index in [1.807, 2.05) is 20.8 Å². The average Bonchev–Trinajstić information content (AvgIpc) is 2.79. The third-order valence-corrected chi connectivity index (χ3v) is 5.88. The minimum atomic E-state index is -4.72. The van der Waals surface area contributed by atoms with Gasteiger partial charge in [-0.1, -0.05) is 33.8 Å². The minimum absolute atomic E-state index is 0.0693. The molecule has 0 radical (unpaired) electrons. The first-order valence-electron chi connectivity index (χ1n) is 11.8. The molecular formula is C26H33F3N4O2. The molecule has 190 valence electrons. The number of benzene rings is 1. The van der Waals surface area contributed by atoms with Crippen LogP contribution in [0.15, 0.2) is 48.3 Å². The summed E-state index contributed by atoms with van der Waals surface area (Å²) in [5.74, 6) is 0.770. The van der Waals surface area contributed by atoms with Crippen molar-refractivity contribution in [3.8, 4) is 5.75 Å². The first-order chi connectivity index (χ1) is 16.6. The smallest absolute Gasteiger partial charge is 0.406 e. The van der Waals surface area contributed by atoms with Gasteiger partial charge in [0.1, 0.15) is 11.4 Å². The first-order valence-corrected chi connectivity index (χ1v) is 11.8. The first kappa shape index (κ1) is 28.0. The maximum absolute atomic E-state index is 12.2. The summed E-state index contributed by atoms with van der Waals surface area (Å²) < 4.78 is 40.4. The molecule has 1 unspecified atom stereocenters. The van der Waals surface area contributed by atoms with Crippen molar-refractivity contribution in [1.82, 2.24) is 9.97 Å². The lowest BCUT2D eigenvalue weighted by Gasteiger charge is -2.16. The number of Topliss-reactive ketones (excluding diaryl/α,β-unsaturated/α-hetero) is 1. The lowest BCUT2D eigenvalue weighted by molar-refractivity contribution is -0.274. The van der Waals surface area contributed by atoms with Crippen LogP contribution in [0.3, 0.4) is 0 Å². The topological polar surface area (TPSA) is 88.0 Å². The number of carbonyl (C=O) groups excluding carboxylic acids is 1. The number of hydrogen-bond acceptors (Lipinski definition) is 6.